The van der Waals surface area contributed by atoms with Gasteiger partial charge in [0.25, 0.3) is 0 Å². The fourth-order valence-corrected chi connectivity index (χ4v) is 3.44. The normalized spacial score (nSPS) is 12.0. The lowest BCUT2D eigenvalue weighted by Crippen LogP contribution is -2.07. The predicted molar refractivity (Wildman–Crippen MR) is 101 cm³/mol. The van der Waals surface area contributed by atoms with Gasteiger partial charge in [-0.3, -0.25) is 10.1 Å². The standard InChI is InChI=1S/C17H19N5O2S/c1-12(15-10-18-11-21-15)25-8-7-19-17-16(22(23)24)14(9-20-17)13-5-3-2-4-6-13/h2-6,9-12,19-20H,7-8H2,1H3,(H,18,21). The SMILES string of the molecule is CC(SCCNc1[nH]cc(-c2ccccc2)c1[N+](=O)[O-])c1c[nH]cn1. The van der Waals surface area contributed by atoms with Gasteiger partial charge in [-0.15, -0.1) is 0 Å². The van der Waals surface area contributed by atoms with Crippen molar-refractivity contribution in [3.8, 4) is 11.1 Å². The Labute approximate surface area is 149 Å². The van der Waals surface area contributed by atoms with Gasteiger partial charge in [-0.05, 0) is 12.5 Å². The van der Waals surface area contributed by atoms with Gasteiger partial charge in [0.2, 0.25) is 0 Å². The average molecular weight is 357 g/mol. The van der Waals surface area contributed by atoms with Crippen molar-refractivity contribution in [1.82, 2.24) is 15.0 Å². The second kappa shape index (κ2) is 7.89. The molecule has 0 saturated heterocycles. The minimum Gasteiger partial charge on any atom is -0.365 e. The Morgan fingerprint density at radius 2 is 2.12 bits per heavy atom. The fraction of sp³-hybridized carbons (Fsp3) is 0.235. The topological polar surface area (TPSA) is 99.6 Å². The lowest BCUT2D eigenvalue weighted by molar-refractivity contribution is -0.383. The third kappa shape index (κ3) is 4.03. The van der Waals surface area contributed by atoms with Crippen LogP contribution in [0.1, 0.15) is 17.9 Å². The third-order valence-corrected chi connectivity index (χ3v) is 5.01. The van der Waals surface area contributed by atoms with Gasteiger partial charge in [0.05, 0.1) is 22.5 Å². The van der Waals surface area contributed by atoms with Crippen LogP contribution in [0.25, 0.3) is 11.1 Å². The van der Waals surface area contributed by atoms with E-state index in [9.17, 15) is 10.1 Å². The molecule has 0 aliphatic heterocycles. The van der Waals surface area contributed by atoms with E-state index in [2.05, 4.69) is 27.2 Å². The number of imidazole rings is 1. The van der Waals surface area contributed by atoms with Gasteiger partial charge in [-0.25, -0.2) is 4.98 Å². The van der Waals surface area contributed by atoms with Crippen LogP contribution in [0.4, 0.5) is 11.5 Å². The molecule has 1 atom stereocenters. The molecule has 0 spiro atoms. The molecule has 0 fully saturated rings. The summed E-state index contributed by atoms with van der Waals surface area (Å²) in [5.41, 5.74) is 2.49. The van der Waals surface area contributed by atoms with Crippen LogP contribution in [-0.4, -0.2) is 32.2 Å². The van der Waals surface area contributed by atoms with Crippen LogP contribution >= 0.6 is 11.8 Å². The number of rotatable bonds is 8. The van der Waals surface area contributed by atoms with Crippen molar-refractivity contribution in [2.45, 2.75) is 12.2 Å². The second-order valence-corrected chi connectivity index (χ2v) is 6.93. The number of anilines is 1. The number of hydrogen-bond donors (Lipinski definition) is 3. The Hall–Kier alpha value is -2.74. The highest BCUT2D eigenvalue weighted by Crippen LogP contribution is 2.36. The number of nitrogens with zero attached hydrogens (tertiary/aromatic N) is 2. The van der Waals surface area contributed by atoms with E-state index in [0.29, 0.717) is 17.9 Å². The van der Waals surface area contributed by atoms with E-state index in [1.54, 1.807) is 24.3 Å². The van der Waals surface area contributed by atoms with Gasteiger partial charge in [-0.2, -0.15) is 11.8 Å². The van der Waals surface area contributed by atoms with E-state index in [-0.39, 0.29) is 15.9 Å². The van der Waals surface area contributed by atoms with Crippen molar-refractivity contribution < 1.29 is 4.92 Å². The molecule has 2 aromatic heterocycles. The highest BCUT2D eigenvalue weighted by Gasteiger charge is 2.23. The Morgan fingerprint density at radius 3 is 2.80 bits per heavy atom. The molecule has 7 nitrogen and oxygen atoms in total. The Bertz CT molecular complexity index is 817. The monoisotopic (exact) mass is 357 g/mol. The van der Waals surface area contributed by atoms with Crippen LogP contribution in [0, 0.1) is 10.1 Å². The molecule has 0 aliphatic rings. The number of hydrogen-bond acceptors (Lipinski definition) is 5. The van der Waals surface area contributed by atoms with Crippen molar-refractivity contribution in [1.29, 1.82) is 0 Å². The summed E-state index contributed by atoms with van der Waals surface area (Å²) in [5.74, 6) is 1.25. The summed E-state index contributed by atoms with van der Waals surface area (Å²) in [6, 6.07) is 9.35. The van der Waals surface area contributed by atoms with Gasteiger partial charge >= 0.3 is 5.69 Å². The van der Waals surface area contributed by atoms with E-state index < -0.39 is 0 Å². The van der Waals surface area contributed by atoms with Gasteiger partial charge in [0.15, 0.2) is 5.82 Å². The molecule has 8 heteroatoms. The zero-order valence-corrected chi connectivity index (χ0v) is 14.5. The first-order valence-corrected chi connectivity index (χ1v) is 8.97. The van der Waals surface area contributed by atoms with Gasteiger partial charge in [0.1, 0.15) is 0 Å². The lowest BCUT2D eigenvalue weighted by Gasteiger charge is -2.09. The molecule has 3 rings (SSSR count). The molecule has 2 heterocycles. The summed E-state index contributed by atoms with van der Waals surface area (Å²) in [6.07, 6.45) is 5.22. The number of aromatic amines is 2. The molecule has 0 bridgehead atoms. The van der Waals surface area contributed by atoms with E-state index in [1.807, 2.05) is 36.5 Å². The maximum atomic E-state index is 11.5. The van der Waals surface area contributed by atoms with Crippen LogP contribution in [0.15, 0.2) is 49.1 Å². The van der Waals surface area contributed by atoms with E-state index in [1.165, 1.54) is 0 Å². The molecule has 1 unspecified atom stereocenters. The maximum absolute atomic E-state index is 11.5. The summed E-state index contributed by atoms with van der Waals surface area (Å²) in [7, 11) is 0. The van der Waals surface area contributed by atoms with E-state index in [0.717, 1.165) is 17.0 Å². The number of nitro groups is 1. The summed E-state index contributed by atoms with van der Waals surface area (Å²) >= 11 is 1.74. The lowest BCUT2D eigenvalue weighted by atomic mass is 10.1. The third-order valence-electron chi connectivity index (χ3n) is 3.83. The number of H-pyrrole nitrogens is 2. The van der Waals surface area contributed by atoms with E-state index >= 15 is 0 Å². The van der Waals surface area contributed by atoms with Crippen LogP contribution in [0.5, 0.6) is 0 Å². The zero-order chi connectivity index (χ0) is 17.6. The molecule has 130 valence electrons. The first-order valence-electron chi connectivity index (χ1n) is 7.92. The number of thioether (sulfide) groups is 1. The second-order valence-electron chi connectivity index (χ2n) is 5.48. The molecular weight excluding hydrogens is 338 g/mol. The molecule has 0 amide bonds. The minimum atomic E-state index is -0.347. The number of nitrogens with one attached hydrogen (secondary N) is 3. The first-order chi connectivity index (χ1) is 12.2. The fourth-order valence-electron chi connectivity index (χ4n) is 2.57. The summed E-state index contributed by atoms with van der Waals surface area (Å²) < 4.78 is 0. The quantitative estimate of drug-likeness (QED) is 0.318. The molecule has 3 aromatic rings. The van der Waals surface area contributed by atoms with Crippen molar-refractivity contribution >= 4 is 23.3 Å². The van der Waals surface area contributed by atoms with Crippen LogP contribution in [0.2, 0.25) is 0 Å². The van der Waals surface area contributed by atoms with Crippen LogP contribution < -0.4 is 5.32 Å². The molecule has 25 heavy (non-hydrogen) atoms. The molecule has 0 radical (unpaired) electrons. The highest BCUT2D eigenvalue weighted by atomic mass is 32.2. The summed E-state index contributed by atoms with van der Waals surface area (Å²) in [4.78, 5) is 21.3. The van der Waals surface area contributed by atoms with Crippen molar-refractivity contribution in [2.24, 2.45) is 0 Å². The minimum absolute atomic E-state index is 0.0801. The molecule has 3 N–H and O–H groups in total. The summed E-state index contributed by atoms with van der Waals surface area (Å²) in [5, 5.41) is 14.9. The smallest absolute Gasteiger partial charge is 0.318 e. The number of aromatic nitrogens is 3. The Kier molecular flexibility index (Phi) is 5.39. The van der Waals surface area contributed by atoms with Crippen LogP contribution in [0.3, 0.4) is 0 Å². The van der Waals surface area contributed by atoms with Crippen LogP contribution in [-0.2, 0) is 0 Å². The predicted octanol–water partition coefficient (Wildman–Crippen LogP) is 4.22. The van der Waals surface area contributed by atoms with Gasteiger partial charge in [0, 0.05) is 29.9 Å². The Morgan fingerprint density at radius 1 is 1.32 bits per heavy atom. The molecular formula is C17H19N5O2S. The average Bonchev–Trinajstić information content (AvgIpc) is 3.29. The summed E-state index contributed by atoms with van der Waals surface area (Å²) in [6.45, 7) is 2.71. The van der Waals surface area contributed by atoms with Crippen molar-refractivity contribution in [3.63, 3.8) is 0 Å². The number of benzene rings is 1. The van der Waals surface area contributed by atoms with E-state index in [4.69, 9.17) is 0 Å². The van der Waals surface area contributed by atoms with Crippen molar-refractivity contribution in [2.75, 3.05) is 17.6 Å². The highest BCUT2D eigenvalue weighted by molar-refractivity contribution is 7.99. The zero-order valence-electron chi connectivity index (χ0n) is 13.7. The maximum Gasteiger partial charge on any atom is 0.318 e. The molecule has 0 aliphatic carbocycles. The first kappa shape index (κ1) is 17.1. The largest absolute Gasteiger partial charge is 0.365 e. The van der Waals surface area contributed by atoms with Gasteiger partial charge in [-0.1, -0.05) is 30.3 Å². The molecule has 0 saturated carbocycles. The van der Waals surface area contributed by atoms with Crippen molar-refractivity contribution in [3.05, 3.63) is 64.9 Å². The Balaban J connectivity index is 1.63. The molecule has 1 aromatic carbocycles. The van der Waals surface area contributed by atoms with Gasteiger partial charge < -0.3 is 15.3 Å².